The van der Waals surface area contributed by atoms with Crippen LogP contribution in [0.15, 0.2) is 0 Å². The fraction of sp³-hybridized carbons (Fsp3) is 1.00. The van der Waals surface area contributed by atoms with Crippen LogP contribution >= 0.6 is 0 Å². The zero-order chi connectivity index (χ0) is 14.6. The Morgan fingerprint density at radius 3 is 1.68 bits per heavy atom. The van der Waals surface area contributed by atoms with Crippen molar-refractivity contribution in [3.05, 3.63) is 0 Å². The van der Waals surface area contributed by atoms with Crippen LogP contribution in [0.5, 0.6) is 0 Å². The van der Waals surface area contributed by atoms with Gasteiger partial charge in [0.15, 0.2) is 0 Å². The second kappa shape index (κ2) is 4.76. The Morgan fingerprint density at radius 1 is 0.842 bits per heavy atom. The fourth-order valence-corrected chi connectivity index (χ4v) is 5.67. The number of nitrogens with zero attached hydrogens (tertiary/aromatic N) is 1. The predicted molar refractivity (Wildman–Crippen MR) is 84.3 cm³/mol. The Balaban J connectivity index is 2.29. The molecule has 2 fully saturated rings. The van der Waals surface area contributed by atoms with E-state index in [2.05, 4.69) is 60.3 Å². The molecule has 0 aromatic heterocycles. The molecule has 1 saturated heterocycles. The second-order valence-electron chi connectivity index (χ2n) is 9.08. The van der Waals surface area contributed by atoms with Crippen molar-refractivity contribution in [1.82, 2.24) is 4.90 Å². The van der Waals surface area contributed by atoms with Crippen molar-refractivity contribution in [3.8, 4) is 0 Å². The highest BCUT2D eigenvalue weighted by atomic mass is 15.3. The summed E-state index contributed by atoms with van der Waals surface area (Å²) in [4.78, 5) is 2.90. The predicted octanol–water partition coefficient (Wildman–Crippen LogP) is 4.96. The highest BCUT2D eigenvalue weighted by molar-refractivity contribution is 5.07. The molecular weight excluding hydrogens is 230 g/mol. The maximum absolute atomic E-state index is 2.90. The summed E-state index contributed by atoms with van der Waals surface area (Å²) in [5.41, 5.74) is 0.808. The molecule has 0 aromatic rings. The molecule has 0 N–H and O–H groups in total. The van der Waals surface area contributed by atoms with Crippen LogP contribution < -0.4 is 0 Å². The number of likely N-dealkylation sites (tertiary alicyclic amines) is 1. The van der Waals surface area contributed by atoms with E-state index in [1.807, 2.05) is 0 Å². The summed E-state index contributed by atoms with van der Waals surface area (Å²) in [6.45, 7) is 19.7. The standard InChI is InChI=1S/C18H35N/c1-12-9-13(2)16(14(3)10-12)19-15(4)17(5,6)11-18(19,7)8/h12-16H,9-11H2,1-8H3/t12-,13-,14?,15?,16+/m1/s1. The molecule has 112 valence electrons. The van der Waals surface area contributed by atoms with Crippen LogP contribution in [0.4, 0.5) is 0 Å². The van der Waals surface area contributed by atoms with Crippen LogP contribution in [0, 0.1) is 23.2 Å². The maximum atomic E-state index is 2.90. The monoisotopic (exact) mass is 265 g/mol. The van der Waals surface area contributed by atoms with Gasteiger partial charge in [-0.15, -0.1) is 0 Å². The molecule has 1 heterocycles. The zero-order valence-electron chi connectivity index (χ0n) is 14.5. The lowest BCUT2D eigenvalue weighted by molar-refractivity contribution is -0.0171. The first kappa shape index (κ1) is 15.4. The van der Waals surface area contributed by atoms with Crippen molar-refractivity contribution in [2.45, 2.75) is 92.3 Å². The summed E-state index contributed by atoms with van der Waals surface area (Å²) >= 11 is 0. The van der Waals surface area contributed by atoms with Crippen LogP contribution in [-0.2, 0) is 0 Å². The molecule has 0 spiro atoms. The van der Waals surface area contributed by atoms with Gasteiger partial charge in [-0.1, -0.05) is 34.6 Å². The van der Waals surface area contributed by atoms with Crippen LogP contribution in [0.1, 0.15) is 74.7 Å². The van der Waals surface area contributed by atoms with Gasteiger partial charge in [0.2, 0.25) is 0 Å². The van der Waals surface area contributed by atoms with Crippen LogP contribution in [-0.4, -0.2) is 22.5 Å². The van der Waals surface area contributed by atoms with E-state index in [0.717, 1.165) is 23.8 Å². The van der Waals surface area contributed by atoms with Crippen LogP contribution in [0.3, 0.4) is 0 Å². The van der Waals surface area contributed by atoms with Gasteiger partial charge in [-0.3, -0.25) is 4.90 Å². The summed E-state index contributed by atoms with van der Waals surface area (Å²) in [5, 5.41) is 0. The molecular formula is C18H35N. The SMILES string of the molecule is CC1C[C@H](C)C[C@@H](C)[C@@H]1N1C(C)C(C)(C)CC1(C)C. The van der Waals surface area contributed by atoms with E-state index in [0.29, 0.717) is 17.0 Å². The first-order valence-electron chi connectivity index (χ1n) is 8.34. The molecule has 2 rings (SSSR count). The van der Waals surface area contributed by atoms with Gasteiger partial charge >= 0.3 is 0 Å². The quantitative estimate of drug-likeness (QED) is 0.648. The number of hydrogen-bond donors (Lipinski definition) is 0. The minimum atomic E-state index is 0.358. The first-order valence-corrected chi connectivity index (χ1v) is 8.34. The van der Waals surface area contributed by atoms with Gasteiger partial charge in [-0.25, -0.2) is 0 Å². The summed E-state index contributed by atoms with van der Waals surface area (Å²) < 4.78 is 0. The Labute approximate surface area is 121 Å². The Morgan fingerprint density at radius 2 is 1.32 bits per heavy atom. The van der Waals surface area contributed by atoms with Crippen molar-refractivity contribution in [3.63, 3.8) is 0 Å². The van der Waals surface area contributed by atoms with Gasteiger partial charge in [-0.05, 0) is 63.2 Å². The van der Waals surface area contributed by atoms with E-state index in [9.17, 15) is 0 Å². The van der Waals surface area contributed by atoms with Crippen molar-refractivity contribution >= 4 is 0 Å². The molecule has 1 aliphatic carbocycles. The van der Waals surface area contributed by atoms with E-state index < -0.39 is 0 Å². The molecule has 19 heavy (non-hydrogen) atoms. The molecule has 1 aliphatic heterocycles. The van der Waals surface area contributed by atoms with Gasteiger partial charge in [0.05, 0.1) is 0 Å². The van der Waals surface area contributed by atoms with Gasteiger partial charge in [0, 0.05) is 17.6 Å². The van der Waals surface area contributed by atoms with Crippen molar-refractivity contribution in [2.75, 3.05) is 0 Å². The van der Waals surface area contributed by atoms with Crippen LogP contribution in [0.25, 0.3) is 0 Å². The normalized spacial score (nSPS) is 46.4. The van der Waals surface area contributed by atoms with Gasteiger partial charge in [0.25, 0.3) is 0 Å². The lowest BCUT2D eigenvalue weighted by Crippen LogP contribution is -2.56. The molecule has 2 aliphatic rings. The fourth-order valence-electron chi connectivity index (χ4n) is 5.67. The van der Waals surface area contributed by atoms with Gasteiger partial charge in [-0.2, -0.15) is 0 Å². The molecule has 1 heteroatoms. The van der Waals surface area contributed by atoms with E-state index in [1.54, 1.807) is 0 Å². The third-order valence-corrected chi connectivity index (χ3v) is 6.17. The van der Waals surface area contributed by atoms with E-state index in [1.165, 1.54) is 19.3 Å². The minimum Gasteiger partial charge on any atom is -0.292 e. The van der Waals surface area contributed by atoms with E-state index >= 15 is 0 Å². The molecule has 2 unspecified atom stereocenters. The molecule has 0 bridgehead atoms. The maximum Gasteiger partial charge on any atom is 0.0165 e. The number of hydrogen-bond acceptors (Lipinski definition) is 1. The molecule has 0 radical (unpaired) electrons. The van der Waals surface area contributed by atoms with E-state index in [-0.39, 0.29) is 0 Å². The molecule has 1 nitrogen and oxygen atoms in total. The van der Waals surface area contributed by atoms with Crippen LogP contribution in [0.2, 0.25) is 0 Å². The highest BCUT2D eigenvalue weighted by Crippen LogP contribution is 2.51. The minimum absolute atomic E-state index is 0.358. The number of rotatable bonds is 1. The lowest BCUT2D eigenvalue weighted by Gasteiger charge is -2.50. The Bertz CT molecular complexity index is 319. The van der Waals surface area contributed by atoms with Crippen molar-refractivity contribution in [1.29, 1.82) is 0 Å². The Kier molecular flexibility index (Phi) is 3.84. The van der Waals surface area contributed by atoms with Gasteiger partial charge in [0.1, 0.15) is 0 Å². The summed E-state index contributed by atoms with van der Waals surface area (Å²) in [6, 6.07) is 1.48. The smallest absolute Gasteiger partial charge is 0.0165 e. The zero-order valence-corrected chi connectivity index (χ0v) is 14.5. The average molecular weight is 265 g/mol. The molecule has 0 aromatic carbocycles. The summed E-state index contributed by atoms with van der Waals surface area (Å²) in [6.07, 6.45) is 4.15. The third kappa shape index (κ3) is 2.60. The van der Waals surface area contributed by atoms with Gasteiger partial charge < -0.3 is 0 Å². The molecule has 0 amide bonds. The first-order chi connectivity index (χ1) is 8.56. The largest absolute Gasteiger partial charge is 0.292 e. The lowest BCUT2D eigenvalue weighted by atomic mass is 9.72. The van der Waals surface area contributed by atoms with Crippen molar-refractivity contribution in [2.24, 2.45) is 23.2 Å². The summed E-state index contributed by atoms with van der Waals surface area (Å²) in [7, 11) is 0. The highest BCUT2D eigenvalue weighted by Gasteiger charge is 2.53. The summed E-state index contributed by atoms with van der Waals surface area (Å²) in [5.74, 6) is 2.60. The second-order valence-corrected chi connectivity index (χ2v) is 9.08. The topological polar surface area (TPSA) is 3.24 Å². The van der Waals surface area contributed by atoms with E-state index in [4.69, 9.17) is 0 Å². The molecule has 1 saturated carbocycles. The Hall–Kier alpha value is -0.0400. The molecule has 5 atom stereocenters. The van der Waals surface area contributed by atoms with Crippen molar-refractivity contribution < 1.29 is 0 Å². The average Bonchev–Trinajstić information content (AvgIpc) is 2.34. The third-order valence-electron chi connectivity index (χ3n) is 6.17.